The molecule has 0 amide bonds. The van der Waals surface area contributed by atoms with E-state index in [1.54, 1.807) is 12.5 Å². The lowest BCUT2D eigenvalue weighted by Crippen LogP contribution is -2.20. The second-order valence-corrected chi connectivity index (χ2v) is 4.42. The molecule has 4 nitrogen and oxygen atoms in total. The van der Waals surface area contributed by atoms with Crippen molar-refractivity contribution in [3.05, 3.63) is 36.3 Å². The molecule has 17 heavy (non-hydrogen) atoms. The van der Waals surface area contributed by atoms with Crippen LogP contribution in [0.2, 0.25) is 0 Å². The van der Waals surface area contributed by atoms with Crippen LogP contribution in [0.1, 0.15) is 11.5 Å². The van der Waals surface area contributed by atoms with Gasteiger partial charge in [0.15, 0.2) is 0 Å². The molecule has 2 N–H and O–H groups in total. The maximum absolute atomic E-state index is 11.2. The number of fused-ring (bicyclic) bond motifs is 1. The molecule has 0 bridgehead atoms. The quantitative estimate of drug-likeness (QED) is 0.826. The van der Waals surface area contributed by atoms with E-state index in [0.29, 0.717) is 13.1 Å². The van der Waals surface area contributed by atoms with Crippen LogP contribution in [-0.4, -0.2) is 24.2 Å². The van der Waals surface area contributed by atoms with Gasteiger partial charge >= 0.3 is 5.97 Å². The van der Waals surface area contributed by atoms with Crippen LogP contribution in [0.4, 0.5) is 0 Å². The van der Waals surface area contributed by atoms with Gasteiger partial charge in [-0.25, -0.2) is 0 Å². The highest BCUT2D eigenvalue weighted by atomic mass is 16.4. The SMILES string of the molecule is O=C(O)C1CNCC1c1ccc2ccocc1-2. The lowest BCUT2D eigenvalue weighted by atomic mass is 9.88. The zero-order valence-electron chi connectivity index (χ0n) is 9.22. The molecule has 0 aromatic rings. The molecule has 1 aliphatic carbocycles. The second kappa shape index (κ2) is 3.89. The molecular formula is C13H13NO3. The van der Waals surface area contributed by atoms with Gasteiger partial charge in [0.25, 0.3) is 0 Å². The van der Waals surface area contributed by atoms with Crippen molar-refractivity contribution in [3.63, 3.8) is 0 Å². The standard InChI is InChI=1S/C13H13NO3/c15-13(16)11-6-14-5-10(11)9-2-1-8-3-4-17-7-12(8)9/h1-4,7,10-11,14H,5-6H2,(H,15,16). The molecule has 2 unspecified atom stereocenters. The molecule has 2 atom stereocenters. The van der Waals surface area contributed by atoms with Crippen LogP contribution in [0.15, 0.2) is 35.1 Å². The zero-order valence-corrected chi connectivity index (χ0v) is 9.22. The highest BCUT2D eigenvalue weighted by Gasteiger charge is 2.35. The lowest BCUT2D eigenvalue weighted by molar-refractivity contribution is -0.141. The molecule has 2 aliphatic heterocycles. The first-order valence-corrected chi connectivity index (χ1v) is 5.65. The number of carboxylic acids is 1. The van der Waals surface area contributed by atoms with Crippen molar-refractivity contribution in [1.29, 1.82) is 0 Å². The molecule has 0 aromatic heterocycles. The number of carboxylic acid groups (broad SMARTS) is 1. The fourth-order valence-corrected chi connectivity index (χ4v) is 2.62. The van der Waals surface area contributed by atoms with Gasteiger partial charge in [-0.3, -0.25) is 4.79 Å². The average molecular weight is 231 g/mol. The van der Waals surface area contributed by atoms with E-state index in [2.05, 4.69) is 5.32 Å². The molecule has 3 rings (SSSR count). The Labute approximate surface area is 98.6 Å². The second-order valence-electron chi connectivity index (χ2n) is 4.42. The van der Waals surface area contributed by atoms with Crippen molar-refractivity contribution in [2.24, 2.45) is 5.92 Å². The number of nitrogens with one attached hydrogen (secondary N) is 1. The van der Waals surface area contributed by atoms with Crippen LogP contribution >= 0.6 is 0 Å². The maximum Gasteiger partial charge on any atom is 0.308 e. The summed E-state index contributed by atoms with van der Waals surface area (Å²) in [4.78, 5) is 11.2. The molecule has 4 heteroatoms. The van der Waals surface area contributed by atoms with Crippen LogP contribution in [0, 0.1) is 5.92 Å². The summed E-state index contributed by atoms with van der Waals surface area (Å²) in [6, 6.07) is 5.92. The summed E-state index contributed by atoms with van der Waals surface area (Å²) in [5, 5.41) is 12.3. The summed E-state index contributed by atoms with van der Waals surface area (Å²) in [5.41, 5.74) is 3.19. The number of aliphatic carboxylic acids is 1. The largest absolute Gasteiger partial charge is 0.481 e. The van der Waals surface area contributed by atoms with Gasteiger partial charge in [0.2, 0.25) is 0 Å². The topological polar surface area (TPSA) is 62.5 Å². The van der Waals surface area contributed by atoms with Crippen LogP contribution in [-0.2, 0) is 4.79 Å². The van der Waals surface area contributed by atoms with Crippen molar-refractivity contribution >= 4 is 5.97 Å². The van der Waals surface area contributed by atoms with Crippen molar-refractivity contribution in [3.8, 4) is 11.1 Å². The average Bonchev–Trinajstić information content (AvgIpc) is 2.94. The number of hydrogen-bond acceptors (Lipinski definition) is 3. The van der Waals surface area contributed by atoms with E-state index in [1.165, 1.54) is 0 Å². The predicted octanol–water partition coefficient (Wildman–Crippen LogP) is 1.77. The molecule has 2 heterocycles. The van der Waals surface area contributed by atoms with Gasteiger partial charge in [0, 0.05) is 24.6 Å². The Balaban J connectivity index is 2.01. The van der Waals surface area contributed by atoms with Crippen molar-refractivity contribution in [2.75, 3.05) is 13.1 Å². The number of hydrogen-bond donors (Lipinski definition) is 2. The Bertz CT molecular complexity index is 519. The molecule has 1 fully saturated rings. The first kappa shape index (κ1) is 10.4. The Morgan fingerprint density at radius 1 is 1.35 bits per heavy atom. The molecule has 0 spiro atoms. The molecular weight excluding hydrogens is 218 g/mol. The van der Waals surface area contributed by atoms with Gasteiger partial charge in [-0.1, -0.05) is 12.1 Å². The van der Waals surface area contributed by atoms with Crippen LogP contribution in [0.3, 0.4) is 0 Å². The van der Waals surface area contributed by atoms with E-state index in [9.17, 15) is 9.90 Å². The summed E-state index contributed by atoms with van der Waals surface area (Å²) in [7, 11) is 0. The zero-order chi connectivity index (χ0) is 11.8. The van der Waals surface area contributed by atoms with Crippen molar-refractivity contribution in [2.45, 2.75) is 5.92 Å². The predicted molar refractivity (Wildman–Crippen MR) is 62.1 cm³/mol. The molecule has 88 valence electrons. The van der Waals surface area contributed by atoms with E-state index in [1.807, 2.05) is 18.2 Å². The monoisotopic (exact) mass is 231 g/mol. The highest BCUT2D eigenvalue weighted by Crippen LogP contribution is 2.37. The molecule has 0 saturated carbocycles. The molecule has 0 radical (unpaired) electrons. The molecule has 0 aromatic carbocycles. The van der Waals surface area contributed by atoms with E-state index >= 15 is 0 Å². The van der Waals surface area contributed by atoms with Gasteiger partial charge in [-0.2, -0.15) is 0 Å². The first-order valence-electron chi connectivity index (χ1n) is 5.65. The van der Waals surface area contributed by atoms with E-state index in [0.717, 1.165) is 16.7 Å². The molecule has 1 saturated heterocycles. The van der Waals surface area contributed by atoms with Crippen LogP contribution in [0.5, 0.6) is 0 Å². The van der Waals surface area contributed by atoms with Crippen molar-refractivity contribution in [1.82, 2.24) is 5.32 Å². The highest BCUT2D eigenvalue weighted by molar-refractivity contribution is 5.76. The van der Waals surface area contributed by atoms with Crippen molar-refractivity contribution < 1.29 is 14.3 Å². The van der Waals surface area contributed by atoms with Gasteiger partial charge < -0.3 is 14.8 Å². The van der Waals surface area contributed by atoms with Gasteiger partial charge in [0.1, 0.15) is 0 Å². The van der Waals surface area contributed by atoms with Gasteiger partial charge in [0.05, 0.1) is 18.4 Å². The number of rotatable bonds is 2. The first-order chi connectivity index (χ1) is 8.27. The van der Waals surface area contributed by atoms with Crippen LogP contribution < -0.4 is 5.32 Å². The van der Waals surface area contributed by atoms with E-state index in [-0.39, 0.29) is 11.8 Å². The summed E-state index contributed by atoms with van der Waals surface area (Å²) < 4.78 is 5.18. The Hall–Kier alpha value is -1.81. The Kier molecular flexibility index (Phi) is 2.37. The third-order valence-electron chi connectivity index (χ3n) is 3.51. The number of carbonyl (C=O) groups is 1. The third-order valence-corrected chi connectivity index (χ3v) is 3.51. The minimum Gasteiger partial charge on any atom is -0.481 e. The fourth-order valence-electron chi connectivity index (χ4n) is 2.62. The Morgan fingerprint density at radius 3 is 3.06 bits per heavy atom. The normalized spacial score (nSPS) is 24.2. The molecule has 3 aliphatic rings. The van der Waals surface area contributed by atoms with E-state index in [4.69, 9.17) is 4.42 Å². The minimum atomic E-state index is -0.734. The fraction of sp³-hybridized carbons (Fsp3) is 0.308. The smallest absolute Gasteiger partial charge is 0.308 e. The van der Waals surface area contributed by atoms with Gasteiger partial charge in [-0.15, -0.1) is 0 Å². The maximum atomic E-state index is 11.2. The third kappa shape index (κ3) is 1.61. The minimum absolute atomic E-state index is 0.0302. The summed E-state index contributed by atoms with van der Waals surface area (Å²) in [6.07, 6.45) is 3.33. The lowest BCUT2D eigenvalue weighted by Gasteiger charge is -2.15. The van der Waals surface area contributed by atoms with Crippen LogP contribution in [0.25, 0.3) is 11.1 Å². The summed E-state index contributed by atoms with van der Waals surface area (Å²) in [6.45, 7) is 1.25. The summed E-state index contributed by atoms with van der Waals surface area (Å²) >= 11 is 0. The van der Waals surface area contributed by atoms with Gasteiger partial charge in [-0.05, 0) is 17.2 Å². The Morgan fingerprint density at radius 2 is 2.24 bits per heavy atom. The summed E-state index contributed by atoms with van der Waals surface area (Å²) in [5.74, 6) is -1.05. The van der Waals surface area contributed by atoms with E-state index < -0.39 is 5.97 Å².